The van der Waals surface area contributed by atoms with Gasteiger partial charge in [0.05, 0.1) is 60.6 Å². The molecule has 7 atom stereocenters. The van der Waals surface area contributed by atoms with E-state index in [2.05, 4.69) is 20.9 Å². The summed E-state index contributed by atoms with van der Waals surface area (Å²) in [6, 6.07) is 28.6. The molecule has 7 N–H and O–H groups in total. The highest BCUT2D eigenvalue weighted by Gasteiger charge is 2.48. The molecule has 0 aliphatic carbocycles. The highest BCUT2D eigenvalue weighted by atomic mass is 16.7. The topological polar surface area (TPSA) is 343 Å². The zero-order chi connectivity index (χ0) is 65.3. The molecular formula is C67H66N8O18. The van der Waals surface area contributed by atoms with Crippen LogP contribution in [0.2, 0.25) is 0 Å². The Hall–Kier alpha value is -10.5. The second kappa shape index (κ2) is 28.7. The van der Waals surface area contributed by atoms with Crippen LogP contribution in [0.1, 0.15) is 88.8 Å². The number of hydrogen-bond donors (Lipinski definition) is 7. The maximum Gasteiger partial charge on any atom is 0.411 e. The Morgan fingerprint density at radius 3 is 1.91 bits per heavy atom. The van der Waals surface area contributed by atoms with Crippen molar-refractivity contribution < 1.29 is 87.2 Å². The van der Waals surface area contributed by atoms with Gasteiger partial charge in [-0.25, -0.2) is 9.59 Å². The summed E-state index contributed by atoms with van der Waals surface area (Å²) in [5, 5.41) is 48.9. The molecule has 1 fully saturated rings. The molecule has 482 valence electrons. The van der Waals surface area contributed by atoms with E-state index in [0.717, 1.165) is 32.9 Å². The summed E-state index contributed by atoms with van der Waals surface area (Å²) in [7, 11) is 1.62. The predicted molar refractivity (Wildman–Crippen MR) is 335 cm³/mol. The number of aliphatic hydroxyl groups excluding tert-OH is 3. The number of carboxylic acids is 1. The number of aliphatic carboxylic acids is 1. The standard InChI is InChI=1S/C67H66N8O18/c1-88-46-13-11-39(12-14-46)41-29-44-33-69-51-31-47(15-17-49(51)63(83)74(44)35-41)89-25-6-26-90-48-16-18-50-52(32-48)70-34-45-30-42(36-75(45)64(50)84)40-7-5-8-43(28-40)71-67(87)91-37-38-10-19-54(92-66-61(82)59(80)60(81)62(93-66)65(85)86)53(27-38)72-56(77)22-23-68-55(76)9-3-2-4-24-73-57(78)20-21-58(73)79/h5,7-8,10-21,27-28,31-36,44-45,59-62,66,80-82H,2-4,6,9,22-26,29-30,37H2,1H3,(H,68,76)(H,71,87)(H,72,77)(H,85,86)/t44-,45-,59?,60-,61-,62?,66+/m0/s1. The van der Waals surface area contributed by atoms with E-state index in [1.807, 2.05) is 36.5 Å². The molecule has 0 aromatic heterocycles. The van der Waals surface area contributed by atoms with E-state index in [4.69, 9.17) is 33.4 Å². The van der Waals surface area contributed by atoms with Crippen molar-refractivity contribution in [1.29, 1.82) is 0 Å². The van der Waals surface area contributed by atoms with Crippen LogP contribution in [0.4, 0.5) is 27.5 Å². The monoisotopic (exact) mass is 1270 g/mol. The van der Waals surface area contributed by atoms with E-state index in [1.165, 1.54) is 30.4 Å². The fourth-order valence-electron chi connectivity index (χ4n) is 11.2. The third-order valence-corrected chi connectivity index (χ3v) is 16.2. The minimum absolute atomic E-state index is 0.0540. The Balaban J connectivity index is 0.647. The summed E-state index contributed by atoms with van der Waals surface area (Å²) in [5.41, 5.74) is 6.09. The quantitative estimate of drug-likeness (QED) is 0.0244. The smallest absolute Gasteiger partial charge is 0.411 e. The fourth-order valence-corrected chi connectivity index (χ4v) is 11.2. The van der Waals surface area contributed by atoms with E-state index in [9.17, 15) is 58.8 Å². The summed E-state index contributed by atoms with van der Waals surface area (Å²) in [5.74, 6) is -2.05. The maximum absolute atomic E-state index is 14.0. The largest absolute Gasteiger partial charge is 0.497 e. The molecule has 7 amide bonds. The molecule has 93 heavy (non-hydrogen) atoms. The van der Waals surface area contributed by atoms with Gasteiger partial charge in [-0.1, -0.05) is 36.8 Å². The minimum atomic E-state index is -1.99. The molecule has 0 radical (unpaired) electrons. The maximum atomic E-state index is 14.0. The SMILES string of the molecule is COc1ccc(C2=CN3C(=O)c4ccc(OCCCOc5ccc6c(c5)N=C[C@@H]5CC(c7cccc(NC(=O)OCc8ccc(O[C@@H]9OC(C(=O)O)[C@@H](O)C(O)[C@@H]9O)c(NC(=O)CCNC(=O)CCCCCN9C(=O)C=CC9=O)c8)c7)=CN5C6=O)cc4N=C[C@@H]3C2)cc1. The van der Waals surface area contributed by atoms with Crippen LogP contribution in [0.5, 0.6) is 23.0 Å². The number of carbonyl (C=O) groups excluding carboxylic acids is 7. The number of carboxylic acid groups (broad SMARTS) is 1. The summed E-state index contributed by atoms with van der Waals surface area (Å²) >= 11 is 0. The summed E-state index contributed by atoms with van der Waals surface area (Å²) in [6.45, 7) is 0.457. The van der Waals surface area contributed by atoms with Crippen LogP contribution in [-0.2, 0) is 40.1 Å². The van der Waals surface area contributed by atoms with E-state index < -0.39 is 54.7 Å². The number of benzene rings is 5. The lowest BCUT2D eigenvalue weighted by Crippen LogP contribution is -2.61. The molecule has 0 spiro atoms. The number of hydrogen-bond acceptors (Lipinski definition) is 19. The van der Waals surface area contributed by atoms with Crippen LogP contribution in [-0.4, -0.2) is 171 Å². The van der Waals surface area contributed by atoms with Crippen LogP contribution in [0.25, 0.3) is 11.1 Å². The van der Waals surface area contributed by atoms with Gasteiger partial charge in [-0.3, -0.25) is 49.0 Å². The first-order valence-corrected chi connectivity index (χ1v) is 30.2. The number of ether oxygens (including phenoxy) is 6. The number of amides is 7. The number of imide groups is 1. The van der Waals surface area contributed by atoms with Gasteiger partial charge in [0, 0.05) is 100.0 Å². The lowest BCUT2D eigenvalue weighted by atomic mass is 9.99. The first-order chi connectivity index (χ1) is 45.0. The molecule has 0 bridgehead atoms. The summed E-state index contributed by atoms with van der Waals surface area (Å²) in [4.78, 5) is 116. The zero-order valence-electron chi connectivity index (χ0n) is 50.3. The molecule has 26 heteroatoms. The molecule has 6 aliphatic rings. The van der Waals surface area contributed by atoms with Crippen molar-refractivity contribution in [2.75, 3.05) is 44.0 Å². The highest BCUT2D eigenvalue weighted by molar-refractivity contribution is 6.13. The third-order valence-electron chi connectivity index (χ3n) is 16.2. The molecular weight excluding hydrogens is 1200 g/mol. The van der Waals surface area contributed by atoms with Crippen molar-refractivity contribution in [3.63, 3.8) is 0 Å². The Labute approximate surface area is 532 Å². The molecule has 11 rings (SSSR count). The van der Waals surface area contributed by atoms with Crippen LogP contribution >= 0.6 is 0 Å². The van der Waals surface area contributed by atoms with E-state index in [1.54, 1.807) is 90.1 Å². The van der Waals surface area contributed by atoms with Gasteiger partial charge >= 0.3 is 12.1 Å². The Bertz CT molecular complexity index is 3880. The van der Waals surface area contributed by atoms with Crippen molar-refractivity contribution in [1.82, 2.24) is 20.0 Å². The number of aliphatic imine (C=N–C) groups is 2. The normalized spacial score (nSPS) is 20.9. The van der Waals surface area contributed by atoms with Crippen molar-refractivity contribution >= 4 is 93.8 Å². The first-order valence-electron chi connectivity index (χ1n) is 30.2. The van der Waals surface area contributed by atoms with Crippen molar-refractivity contribution in [2.45, 2.75) is 101 Å². The van der Waals surface area contributed by atoms with Gasteiger partial charge in [-0.2, -0.15) is 0 Å². The number of rotatable bonds is 25. The second-order valence-electron chi connectivity index (χ2n) is 22.6. The van der Waals surface area contributed by atoms with Gasteiger partial charge in [0.25, 0.3) is 23.6 Å². The number of unbranched alkanes of at least 4 members (excludes halogenated alkanes) is 2. The highest BCUT2D eigenvalue weighted by Crippen LogP contribution is 2.39. The van der Waals surface area contributed by atoms with Crippen LogP contribution in [0.15, 0.2) is 138 Å². The number of nitrogens with zero attached hydrogens (tertiary/aromatic N) is 5. The van der Waals surface area contributed by atoms with E-state index in [0.29, 0.717) is 97.0 Å². The van der Waals surface area contributed by atoms with Crippen LogP contribution in [0, 0.1) is 0 Å². The molecule has 1 saturated heterocycles. The summed E-state index contributed by atoms with van der Waals surface area (Å²) in [6.07, 6.45) is 2.06. The predicted octanol–water partition coefficient (Wildman–Crippen LogP) is 6.44. The lowest BCUT2D eigenvalue weighted by molar-refractivity contribution is -0.271. The number of carbonyl (C=O) groups is 8. The van der Waals surface area contributed by atoms with Gasteiger partial charge in [-0.05, 0) is 101 Å². The Kier molecular flexibility index (Phi) is 19.8. The van der Waals surface area contributed by atoms with Crippen molar-refractivity contribution in [3.05, 3.63) is 155 Å². The van der Waals surface area contributed by atoms with Gasteiger partial charge in [-0.15, -0.1) is 0 Å². The number of aliphatic hydroxyl groups is 3. The van der Waals surface area contributed by atoms with Crippen LogP contribution < -0.4 is 34.9 Å². The number of fused-ring (bicyclic) bond motifs is 4. The average molecular weight is 1270 g/mol. The lowest BCUT2D eigenvalue weighted by Gasteiger charge is -2.38. The molecule has 26 nitrogen and oxygen atoms in total. The fraction of sp³-hybridized carbons (Fsp3) is 0.313. The Morgan fingerprint density at radius 2 is 1.28 bits per heavy atom. The minimum Gasteiger partial charge on any atom is -0.497 e. The summed E-state index contributed by atoms with van der Waals surface area (Å²) < 4.78 is 34.0. The second-order valence-corrected chi connectivity index (χ2v) is 22.6. The van der Waals surface area contributed by atoms with Gasteiger partial charge in [0.1, 0.15) is 47.9 Å². The number of nitrogens with one attached hydrogen (secondary N) is 3. The van der Waals surface area contributed by atoms with Gasteiger partial charge < -0.3 is 69.3 Å². The van der Waals surface area contributed by atoms with E-state index >= 15 is 0 Å². The number of anilines is 2. The number of methoxy groups -OCH3 is 1. The van der Waals surface area contributed by atoms with Crippen LogP contribution in [0.3, 0.4) is 0 Å². The zero-order valence-corrected chi connectivity index (χ0v) is 50.3. The molecule has 2 unspecified atom stereocenters. The van der Waals surface area contributed by atoms with Crippen molar-refractivity contribution in [3.8, 4) is 23.0 Å². The molecule has 6 heterocycles. The van der Waals surface area contributed by atoms with E-state index in [-0.39, 0.29) is 79.6 Å². The molecule has 5 aromatic carbocycles. The molecule has 0 saturated carbocycles. The third kappa shape index (κ3) is 15.1. The molecule has 5 aromatic rings. The molecule has 6 aliphatic heterocycles. The van der Waals surface area contributed by atoms with Gasteiger partial charge in [0.15, 0.2) is 6.10 Å². The van der Waals surface area contributed by atoms with Crippen molar-refractivity contribution in [2.24, 2.45) is 9.98 Å². The average Bonchev–Trinajstić information content (AvgIpc) is 1.76. The first kappa shape index (κ1) is 64.0. The van der Waals surface area contributed by atoms with Gasteiger partial charge in [0.2, 0.25) is 18.1 Å². The Morgan fingerprint density at radius 1 is 0.645 bits per heavy atom.